The van der Waals surface area contributed by atoms with Gasteiger partial charge in [-0.25, -0.2) is 9.64 Å². The molecule has 7 heteroatoms. The van der Waals surface area contributed by atoms with Crippen molar-refractivity contribution in [3.8, 4) is 11.1 Å². The van der Waals surface area contributed by atoms with E-state index in [0.717, 1.165) is 11.3 Å². The molecule has 0 fully saturated rings. The van der Waals surface area contributed by atoms with Gasteiger partial charge in [0.2, 0.25) is 5.69 Å². The van der Waals surface area contributed by atoms with Crippen LogP contribution in [0.3, 0.4) is 0 Å². The zero-order chi connectivity index (χ0) is 17.9. The molecule has 0 saturated heterocycles. The molecule has 124 valence electrons. The van der Waals surface area contributed by atoms with Crippen molar-refractivity contribution in [2.24, 2.45) is 0 Å². The van der Waals surface area contributed by atoms with Gasteiger partial charge in [-0.05, 0) is 37.8 Å². The monoisotopic (exact) mass is 360 g/mol. The van der Waals surface area contributed by atoms with E-state index in [2.05, 4.69) is 10.2 Å². The van der Waals surface area contributed by atoms with Gasteiger partial charge in [-0.3, -0.25) is 4.79 Å². The number of thioether (sulfide) groups is 1. The summed E-state index contributed by atoms with van der Waals surface area (Å²) < 4.78 is 0.680. The predicted octanol–water partition coefficient (Wildman–Crippen LogP) is 4.52. The number of carbonyl (C=O) groups excluding carboxylic acids is 1. The number of amides is 1. The summed E-state index contributed by atoms with van der Waals surface area (Å²) in [6.45, 7) is 11.1. The fourth-order valence-electron chi connectivity index (χ4n) is 2.19. The first-order valence-electron chi connectivity index (χ1n) is 7.11. The number of benzene rings is 1. The molecule has 0 bridgehead atoms. The summed E-state index contributed by atoms with van der Waals surface area (Å²) in [7, 11) is 0. The van der Waals surface area contributed by atoms with Crippen LogP contribution in [0.5, 0.6) is 0 Å². The summed E-state index contributed by atoms with van der Waals surface area (Å²) in [5.41, 5.74) is 1.89. The van der Waals surface area contributed by atoms with Crippen LogP contribution >= 0.6 is 23.1 Å². The van der Waals surface area contributed by atoms with Crippen molar-refractivity contribution in [3.63, 3.8) is 0 Å². The normalized spacial score (nSPS) is 10.5. The summed E-state index contributed by atoms with van der Waals surface area (Å²) in [6, 6.07) is 6.68. The number of nitrogens with zero attached hydrogens (tertiary/aromatic N) is 1. The van der Waals surface area contributed by atoms with Crippen LogP contribution in [0.25, 0.3) is 16.0 Å². The van der Waals surface area contributed by atoms with Gasteiger partial charge in [-0.1, -0.05) is 12.1 Å². The van der Waals surface area contributed by atoms with Crippen molar-refractivity contribution >= 4 is 40.7 Å². The Bertz CT molecular complexity index is 818. The Morgan fingerprint density at radius 3 is 2.38 bits per heavy atom. The van der Waals surface area contributed by atoms with Crippen LogP contribution in [0.1, 0.15) is 33.9 Å². The lowest BCUT2D eigenvalue weighted by molar-refractivity contribution is 0.0702. The maximum absolute atomic E-state index is 12.0. The van der Waals surface area contributed by atoms with E-state index in [9.17, 15) is 14.7 Å². The largest absolute Gasteiger partial charge is 0.477 e. The first-order valence-corrected chi connectivity index (χ1v) is 9.16. The highest BCUT2D eigenvalue weighted by Gasteiger charge is 2.23. The highest BCUT2D eigenvalue weighted by atomic mass is 32.2. The molecule has 0 spiro atoms. The predicted molar refractivity (Wildman–Crippen MR) is 97.4 cm³/mol. The molecular formula is C17H16N2O3S2. The minimum atomic E-state index is -1.05. The molecule has 2 aromatic rings. The van der Waals surface area contributed by atoms with Crippen LogP contribution in [0.2, 0.25) is 0 Å². The summed E-state index contributed by atoms with van der Waals surface area (Å²) >= 11 is 2.46. The van der Waals surface area contributed by atoms with Crippen molar-refractivity contribution in [1.82, 2.24) is 5.32 Å². The number of carbonyl (C=O) groups is 2. The first kappa shape index (κ1) is 18.0. The maximum Gasteiger partial charge on any atom is 0.345 e. The van der Waals surface area contributed by atoms with Crippen LogP contribution in [-0.4, -0.2) is 29.3 Å². The number of rotatable bonds is 5. The molecule has 2 rings (SSSR count). The molecule has 24 heavy (non-hydrogen) atoms. The first-order chi connectivity index (χ1) is 11.4. The Hall–Kier alpha value is -2.30. The van der Waals surface area contributed by atoms with E-state index in [0.29, 0.717) is 26.6 Å². The molecule has 1 aromatic heterocycles. The van der Waals surface area contributed by atoms with Gasteiger partial charge in [0.15, 0.2) is 0 Å². The van der Waals surface area contributed by atoms with E-state index in [1.54, 1.807) is 24.3 Å². The highest BCUT2D eigenvalue weighted by molar-refractivity contribution is 8.00. The minimum Gasteiger partial charge on any atom is -0.477 e. The number of hydrogen-bond donors (Lipinski definition) is 2. The third kappa shape index (κ3) is 3.61. The molecule has 1 heterocycles. The van der Waals surface area contributed by atoms with Crippen LogP contribution in [0.4, 0.5) is 5.69 Å². The van der Waals surface area contributed by atoms with Gasteiger partial charge < -0.3 is 10.4 Å². The van der Waals surface area contributed by atoms with Gasteiger partial charge in [0, 0.05) is 17.2 Å². The van der Waals surface area contributed by atoms with E-state index in [-0.39, 0.29) is 16.8 Å². The lowest BCUT2D eigenvalue weighted by Gasteiger charge is -2.09. The summed E-state index contributed by atoms with van der Waals surface area (Å²) in [5.74, 6) is -1.24. The number of hydrogen-bond acceptors (Lipinski definition) is 4. The Balaban J connectivity index is 2.49. The highest BCUT2D eigenvalue weighted by Crippen LogP contribution is 2.47. The molecule has 0 radical (unpaired) electrons. The van der Waals surface area contributed by atoms with Crippen molar-refractivity contribution in [2.75, 3.05) is 6.26 Å². The molecule has 0 aliphatic carbocycles. The van der Waals surface area contributed by atoms with Gasteiger partial charge >= 0.3 is 5.97 Å². The Kier molecular flexibility index (Phi) is 5.65. The van der Waals surface area contributed by atoms with Crippen molar-refractivity contribution in [2.45, 2.75) is 24.1 Å². The molecule has 0 saturated carbocycles. The second-order valence-electron chi connectivity index (χ2n) is 5.27. The molecule has 1 aromatic carbocycles. The third-order valence-electron chi connectivity index (χ3n) is 3.20. The zero-order valence-electron chi connectivity index (χ0n) is 13.4. The molecule has 0 aliphatic rings. The van der Waals surface area contributed by atoms with Crippen molar-refractivity contribution in [3.05, 3.63) is 46.1 Å². The second-order valence-corrected chi connectivity index (χ2v) is 7.36. The van der Waals surface area contributed by atoms with E-state index in [1.807, 2.05) is 20.1 Å². The Morgan fingerprint density at radius 2 is 1.92 bits per heavy atom. The SMILES string of the molecule is [C-]#[N+]c1c(SC)sc(C(=O)O)c1-c1ccc(C(=O)NC(C)C)cc1. The topological polar surface area (TPSA) is 70.8 Å². The third-order valence-corrected chi connectivity index (χ3v) is 5.47. The van der Waals surface area contributed by atoms with E-state index in [1.165, 1.54) is 11.8 Å². The average molecular weight is 360 g/mol. The van der Waals surface area contributed by atoms with E-state index >= 15 is 0 Å². The zero-order valence-corrected chi connectivity index (χ0v) is 15.0. The quantitative estimate of drug-likeness (QED) is 0.607. The minimum absolute atomic E-state index is 0.0329. The average Bonchev–Trinajstić information content (AvgIpc) is 2.93. The van der Waals surface area contributed by atoms with Gasteiger partial charge in [-0.15, -0.1) is 23.1 Å². The number of aromatic carboxylic acids is 1. The molecule has 2 N–H and O–H groups in total. The number of carboxylic acids is 1. The van der Waals surface area contributed by atoms with Crippen LogP contribution < -0.4 is 5.32 Å². The smallest absolute Gasteiger partial charge is 0.345 e. The van der Waals surface area contributed by atoms with Crippen LogP contribution in [0, 0.1) is 6.57 Å². The number of thiophene rings is 1. The van der Waals surface area contributed by atoms with Crippen molar-refractivity contribution in [1.29, 1.82) is 0 Å². The molecule has 0 aliphatic heterocycles. The van der Waals surface area contributed by atoms with Crippen LogP contribution in [-0.2, 0) is 0 Å². The molecule has 0 atom stereocenters. The molecule has 5 nitrogen and oxygen atoms in total. The fourth-order valence-corrected chi connectivity index (χ4v) is 3.95. The van der Waals surface area contributed by atoms with Crippen LogP contribution in [0.15, 0.2) is 28.5 Å². The lowest BCUT2D eigenvalue weighted by atomic mass is 10.0. The fraction of sp³-hybridized carbons (Fsp3) is 0.235. The Morgan fingerprint density at radius 1 is 1.29 bits per heavy atom. The Labute approximate surface area is 148 Å². The van der Waals surface area contributed by atoms with Gasteiger partial charge in [0.25, 0.3) is 5.91 Å². The van der Waals surface area contributed by atoms with E-state index < -0.39 is 5.97 Å². The standard InChI is InChI=1S/C17H16N2O3S2/c1-9(2)19-15(20)11-7-5-10(6-8-11)12-13(18-3)17(23-4)24-14(12)16(21)22/h5-9H,1-2,4H3,(H,19,20)(H,21,22). The maximum atomic E-state index is 12.0. The second kappa shape index (κ2) is 7.51. The van der Waals surface area contributed by atoms with Gasteiger partial charge in [0.1, 0.15) is 4.88 Å². The number of carboxylic acid groups (broad SMARTS) is 1. The van der Waals surface area contributed by atoms with Gasteiger partial charge in [0.05, 0.1) is 10.8 Å². The molecular weight excluding hydrogens is 344 g/mol. The molecule has 0 unspecified atom stereocenters. The summed E-state index contributed by atoms with van der Waals surface area (Å²) in [4.78, 5) is 27.2. The lowest BCUT2D eigenvalue weighted by Crippen LogP contribution is -2.29. The summed E-state index contributed by atoms with van der Waals surface area (Å²) in [6.07, 6.45) is 1.81. The number of nitrogens with one attached hydrogen (secondary N) is 1. The van der Waals surface area contributed by atoms with Crippen molar-refractivity contribution < 1.29 is 14.7 Å². The summed E-state index contributed by atoms with van der Waals surface area (Å²) in [5, 5.41) is 12.2. The van der Waals surface area contributed by atoms with Gasteiger partial charge in [-0.2, -0.15) is 0 Å². The van der Waals surface area contributed by atoms with E-state index in [4.69, 9.17) is 6.57 Å². The molecule has 1 amide bonds.